The summed E-state index contributed by atoms with van der Waals surface area (Å²) in [5.41, 5.74) is -1.99. The maximum absolute atomic E-state index is 13.2. The third-order valence-electron chi connectivity index (χ3n) is 4.35. The number of thioether (sulfide) groups is 1. The van der Waals surface area contributed by atoms with E-state index in [1.54, 1.807) is 0 Å². The number of azo groups is 1. The smallest absolute Gasteiger partial charge is 0.304 e. The minimum atomic E-state index is -4.74. The molecule has 0 atom stereocenters. The first kappa shape index (κ1) is 27.5. The topological polar surface area (TPSA) is 189 Å². The van der Waals surface area contributed by atoms with Crippen LogP contribution in [-0.2, 0) is 14.9 Å². The van der Waals surface area contributed by atoms with Crippen LogP contribution in [0.4, 0.5) is 16.5 Å². The third-order valence-corrected chi connectivity index (χ3v) is 7.54. The number of carboxylic acid groups (broad SMARTS) is 1. The van der Waals surface area contributed by atoms with Crippen molar-refractivity contribution >= 4 is 79.1 Å². The molecule has 18 heteroatoms. The van der Waals surface area contributed by atoms with Gasteiger partial charge in [-0.15, -0.1) is 10.2 Å². The van der Waals surface area contributed by atoms with Gasteiger partial charge in [0, 0.05) is 17.3 Å². The average Bonchev–Trinajstić information content (AvgIpc) is 3.22. The molecule has 0 saturated heterocycles. The van der Waals surface area contributed by atoms with Crippen molar-refractivity contribution in [1.29, 1.82) is 0 Å². The second-order valence-corrected chi connectivity index (χ2v) is 10.7. The predicted octanol–water partition coefficient (Wildman–Crippen LogP) is 4.79. The van der Waals surface area contributed by atoms with Gasteiger partial charge in [-0.3, -0.25) is 18.7 Å². The van der Waals surface area contributed by atoms with Crippen LogP contribution in [0.3, 0.4) is 0 Å². The Bertz CT molecular complexity index is 1610. The summed E-state index contributed by atoms with van der Waals surface area (Å²) in [6.45, 7) is 8.76. The van der Waals surface area contributed by atoms with Crippen molar-refractivity contribution in [2.45, 2.75) is 23.4 Å². The van der Waals surface area contributed by atoms with Crippen molar-refractivity contribution in [3.63, 3.8) is 0 Å². The largest absolute Gasteiger partial charge is 0.502 e. The number of carbonyl (C=O) groups is 1. The van der Waals surface area contributed by atoms with Crippen LogP contribution in [0.25, 0.3) is 10.5 Å². The molecule has 1 aromatic carbocycles. The zero-order valence-electron chi connectivity index (χ0n) is 17.7. The number of hydrogen-bond acceptors (Lipinski definition) is 11. The summed E-state index contributed by atoms with van der Waals surface area (Å²) in [5, 5.41) is 26.5. The Labute approximate surface area is 220 Å². The van der Waals surface area contributed by atoms with Gasteiger partial charge in [-0.1, -0.05) is 35.0 Å². The summed E-state index contributed by atoms with van der Waals surface area (Å²) in [6, 6.07) is 1.70. The standard InChI is InChI=1S/C18H12Cl2N6O7S3/c1-7-13(21-2)15(29)26(10-5-9(20)11(6-8(10)19)36(31,32)33)16(30)14(7)23-24-17-22-18(25-35-17)34-4-3-12(27)28/h5-6,29H,3-4H2,1H3,(H,27,28)(H,31,32,33). The van der Waals surface area contributed by atoms with Gasteiger partial charge in [0.15, 0.2) is 0 Å². The maximum Gasteiger partial charge on any atom is 0.304 e. The quantitative estimate of drug-likeness (QED) is 0.142. The lowest BCUT2D eigenvalue weighted by Gasteiger charge is -2.15. The number of aromatic nitrogens is 3. The summed E-state index contributed by atoms with van der Waals surface area (Å²) in [7, 11) is -4.74. The van der Waals surface area contributed by atoms with E-state index >= 15 is 0 Å². The van der Waals surface area contributed by atoms with E-state index in [-0.39, 0.29) is 50.1 Å². The molecule has 2 heterocycles. The molecular formula is C18H12Cl2N6O7S3. The molecule has 0 spiro atoms. The Kier molecular flexibility index (Phi) is 8.33. The Morgan fingerprint density at radius 2 is 2.00 bits per heavy atom. The summed E-state index contributed by atoms with van der Waals surface area (Å²) >= 11 is 14.0. The number of benzene rings is 1. The van der Waals surface area contributed by atoms with E-state index in [0.717, 1.165) is 35.4 Å². The molecule has 3 aromatic rings. The van der Waals surface area contributed by atoms with Crippen LogP contribution in [0.15, 0.2) is 37.2 Å². The fourth-order valence-corrected chi connectivity index (χ4v) is 5.47. The molecule has 13 nitrogen and oxygen atoms in total. The average molecular weight is 591 g/mol. The van der Waals surface area contributed by atoms with Crippen molar-refractivity contribution in [2.75, 3.05) is 5.75 Å². The number of aliphatic carboxylic acids is 1. The van der Waals surface area contributed by atoms with Gasteiger partial charge in [0.25, 0.3) is 21.4 Å². The first-order valence-electron chi connectivity index (χ1n) is 9.28. The maximum atomic E-state index is 13.2. The number of halogens is 2. The second-order valence-electron chi connectivity index (χ2n) is 6.66. The lowest BCUT2D eigenvalue weighted by atomic mass is 10.2. The van der Waals surface area contributed by atoms with Gasteiger partial charge < -0.3 is 10.2 Å². The number of carboxylic acids is 1. The van der Waals surface area contributed by atoms with E-state index in [9.17, 15) is 27.7 Å². The molecule has 0 aliphatic heterocycles. The molecule has 36 heavy (non-hydrogen) atoms. The van der Waals surface area contributed by atoms with Crippen molar-refractivity contribution in [1.82, 2.24) is 13.9 Å². The van der Waals surface area contributed by atoms with Crippen molar-refractivity contribution in [3.05, 3.63) is 49.5 Å². The van der Waals surface area contributed by atoms with Crippen LogP contribution in [-0.4, -0.2) is 48.8 Å². The summed E-state index contributed by atoms with van der Waals surface area (Å²) < 4.78 is 36.9. The van der Waals surface area contributed by atoms with Crippen LogP contribution in [0, 0.1) is 13.5 Å². The van der Waals surface area contributed by atoms with E-state index in [0.29, 0.717) is 4.57 Å². The van der Waals surface area contributed by atoms with Crippen LogP contribution in [0.2, 0.25) is 10.0 Å². The zero-order chi connectivity index (χ0) is 26.8. The van der Waals surface area contributed by atoms with Gasteiger partial charge in [0.2, 0.25) is 16.2 Å². The lowest BCUT2D eigenvalue weighted by molar-refractivity contribution is -0.136. The predicted molar refractivity (Wildman–Crippen MR) is 132 cm³/mol. The number of nitrogens with zero attached hydrogens (tertiary/aromatic N) is 6. The fourth-order valence-electron chi connectivity index (χ4n) is 2.73. The Morgan fingerprint density at radius 1 is 1.31 bits per heavy atom. The molecule has 0 aliphatic carbocycles. The van der Waals surface area contributed by atoms with Gasteiger partial charge in [-0.05, 0) is 24.6 Å². The number of hydrogen-bond donors (Lipinski definition) is 3. The molecule has 0 radical (unpaired) electrons. The SMILES string of the molecule is [C-]#[N+]c1c(C)c(N=Nc2nc(SCCC(=O)O)ns2)c(=O)n(-c2cc(Cl)c(S(=O)(=O)O)cc2Cl)c1O. The second kappa shape index (κ2) is 10.9. The summed E-state index contributed by atoms with van der Waals surface area (Å²) in [5.74, 6) is -1.54. The highest BCUT2D eigenvalue weighted by Gasteiger charge is 2.24. The third kappa shape index (κ3) is 5.83. The minimum Gasteiger partial charge on any atom is -0.502 e. The number of rotatable bonds is 8. The van der Waals surface area contributed by atoms with E-state index in [4.69, 9.17) is 34.9 Å². The number of pyridine rings is 1. The highest BCUT2D eigenvalue weighted by atomic mass is 35.5. The Balaban J connectivity index is 2.10. The highest BCUT2D eigenvalue weighted by Crippen LogP contribution is 2.39. The van der Waals surface area contributed by atoms with E-state index in [2.05, 4.69) is 24.4 Å². The van der Waals surface area contributed by atoms with Gasteiger partial charge >= 0.3 is 5.97 Å². The van der Waals surface area contributed by atoms with Crippen molar-refractivity contribution in [2.24, 2.45) is 10.2 Å². The van der Waals surface area contributed by atoms with Crippen LogP contribution >= 0.6 is 46.5 Å². The molecule has 3 N–H and O–H groups in total. The van der Waals surface area contributed by atoms with E-state index < -0.39 is 37.4 Å². The first-order chi connectivity index (χ1) is 16.8. The van der Waals surface area contributed by atoms with Crippen molar-refractivity contribution in [3.8, 4) is 11.6 Å². The molecule has 0 amide bonds. The molecule has 2 aromatic heterocycles. The molecule has 3 rings (SSSR count). The highest BCUT2D eigenvalue weighted by molar-refractivity contribution is 7.99. The zero-order valence-corrected chi connectivity index (χ0v) is 21.7. The molecule has 0 bridgehead atoms. The lowest BCUT2D eigenvalue weighted by Crippen LogP contribution is -2.19. The molecule has 0 fully saturated rings. The van der Waals surface area contributed by atoms with E-state index in [1.807, 2.05) is 0 Å². The normalized spacial score (nSPS) is 11.6. The summed E-state index contributed by atoms with van der Waals surface area (Å²) in [4.78, 5) is 30.4. The van der Waals surface area contributed by atoms with Gasteiger partial charge in [0.1, 0.15) is 10.6 Å². The molecular weight excluding hydrogens is 579 g/mol. The van der Waals surface area contributed by atoms with E-state index in [1.165, 1.54) is 6.92 Å². The van der Waals surface area contributed by atoms with Gasteiger partial charge in [0.05, 0.1) is 28.7 Å². The minimum absolute atomic E-state index is 0.00940. The Hall–Kier alpha value is -3.07. The fraction of sp³-hybridized carbons (Fsp3) is 0.167. The van der Waals surface area contributed by atoms with Crippen molar-refractivity contribution < 1.29 is 28.0 Å². The molecule has 0 saturated carbocycles. The molecule has 0 unspecified atom stereocenters. The summed E-state index contributed by atoms with van der Waals surface area (Å²) in [6.07, 6.45) is -0.0931. The molecule has 188 valence electrons. The number of aromatic hydroxyl groups is 1. The van der Waals surface area contributed by atoms with Crippen LogP contribution in [0.5, 0.6) is 5.88 Å². The first-order valence-corrected chi connectivity index (χ1v) is 13.2. The van der Waals surface area contributed by atoms with Gasteiger partial charge in [-0.2, -0.15) is 17.8 Å². The molecule has 0 aliphatic rings. The monoisotopic (exact) mass is 590 g/mol. The Morgan fingerprint density at radius 3 is 2.61 bits per heavy atom. The van der Waals surface area contributed by atoms with Crippen LogP contribution < -0.4 is 5.56 Å². The van der Waals surface area contributed by atoms with Gasteiger partial charge in [-0.25, -0.2) is 4.85 Å². The van der Waals surface area contributed by atoms with Crippen LogP contribution in [0.1, 0.15) is 12.0 Å².